The smallest absolute Gasteiger partial charge is 0.305 e. The largest absolute Gasteiger partial charge is 0.466 e. The van der Waals surface area contributed by atoms with E-state index in [0.29, 0.717) is 19.4 Å². The van der Waals surface area contributed by atoms with E-state index < -0.39 is 12.1 Å². The molecule has 74 heavy (non-hydrogen) atoms. The van der Waals surface area contributed by atoms with Crippen LogP contribution in [0.5, 0.6) is 0 Å². The Balaban J connectivity index is 3.29. The first-order valence-corrected chi connectivity index (χ1v) is 34.0. The molecule has 440 valence electrons. The number of carbonyl (C=O) groups is 2. The fraction of sp³-hybridized carbons (Fsp3) is 0.941. The number of aliphatic hydroxyl groups is 2. The number of amides is 1. The molecular formula is C68H133NO5. The van der Waals surface area contributed by atoms with Crippen molar-refractivity contribution in [1.29, 1.82) is 0 Å². The molecule has 1 amide bonds. The minimum absolute atomic E-state index is 0.0226. The second-order valence-electron chi connectivity index (χ2n) is 23.5. The topological polar surface area (TPSA) is 95.9 Å². The number of hydrogen-bond donors (Lipinski definition) is 3. The van der Waals surface area contributed by atoms with E-state index in [0.717, 1.165) is 38.5 Å². The SMILES string of the molecule is CCCCCCCCCCC/C=C/C(O)C(CO)NC(=O)CCCCCCCCCCCCCCCCCCCCCCCCCCCCCCCCCCCCCOC(=O)CCCCCCCCCCCCC. The van der Waals surface area contributed by atoms with Gasteiger partial charge in [-0.2, -0.15) is 0 Å². The molecule has 0 aromatic carbocycles. The molecule has 2 atom stereocenters. The molecule has 0 fully saturated rings. The Morgan fingerprint density at radius 3 is 0.919 bits per heavy atom. The summed E-state index contributed by atoms with van der Waals surface area (Å²) in [6.07, 6.45) is 78.8. The highest BCUT2D eigenvalue weighted by Crippen LogP contribution is 2.19. The number of unbranched alkanes of at least 4 members (excludes halogenated alkanes) is 53. The Morgan fingerprint density at radius 2 is 0.622 bits per heavy atom. The Kier molecular flexibility index (Phi) is 62.9. The Bertz CT molecular complexity index is 1110. The first-order valence-electron chi connectivity index (χ1n) is 34.0. The summed E-state index contributed by atoms with van der Waals surface area (Å²) in [4.78, 5) is 24.4. The fourth-order valence-corrected chi connectivity index (χ4v) is 10.9. The highest BCUT2D eigenvalue weighted by Gasteiger charge is 2.18. The average Bonchev–Trinajstić information content (AvgIpc) is 3.40. The zero-order valence-corrected chi connectivity index (χ0v) is 50.4. The van der Waals surface area contributed by atoms with Crippen LogP contribution in [0.3, 0.4) is 0 Å². The summed E-state index contributed by atoms with van der Waals surface area (Å²) in [5.41, 5.74) is 0. The van der Waals surface area contributed by atoms with Gasteiger partial charge in [0.15, 0.2) is 0 Å². The van der Waals surface area contributed by atoms with Gasteiger partial charge >= 0.3 is 5.97 Å². The number of allylic oxidation sites excluding steroid dienone is 1. The van der Waals surface area contributed by atoms with Gasteiger partial charge in [-0.25, -0.2) is 0 Å². The first kappa shape index (κ1) is 72.6. The molecule has 6 heteroatoms. The molecule has 0 aromatic heterocycles. The van der Waals surface area contributed by atoms with E-state index in [2.05, 4.69) is 19.2 Å². The van der Waals surface area contributed by atoms with Crippen molar-refractivity contribution in [3.63, 3.8) is 0 Å². The lowest BCUT2D eigenvalue weighted by Gasteiger charge is -2.20. The number of rotatable bonds is 64. The summed E-state index contributed by atoms with van der Waals surface area (Å²) in [5, 5.41) is 23.0. The number of hydrogen-bond acceptors (Lipinski definition) is 5. The molecule has 0 saturated heterocycles. The van der Waals surface area contributed by atoms with Gasteiger partial charge in [-0.1, -0.05) is 353 Å². The van der Waals surface area contributed by atoms with Gasteiger partial charge in [0, 0.05) is 12.8 Å². The standard InChI is InChI=1S/C68H133NO5/c1-3-5-7-9-11-13-40-44-48-52-56-60-66(71)65(64-70)69-67(72)61-57-53-49-45-42-38-36-34-32-30-28-26-24-22-20-18-16-15-17-19-21-23-25-27-29-31-33-35-37-39-43-47-51-55-59-63-74-68(73)62-58-54-50-46-41-14-12-10-8-6-4-2/h56,60,65-66,70-71H,3-55,57-59,61-64H2,1-2H3,(H,69,72)/b60-56+. The summed E-state index contributed by atoms with van der Waals surface area (Å²) >= 11 is 0. The van der Waals surface area contributed by atoms with Crippen LogP contribution in [0.25, 0.3) is 0 Å². The summed E-state index contributed by atoms with van der Waals surface area (Å²) in [7, 11) is 0. The molecule has 0 aliphatic rings. The molecule has 0 aromatic rings. The normalized spacial score (nSPS) is 12.5. The molecule has 2 unspecified atom stereocenters. The van der Waals surface area contributed by atoms with Crippen molar-refractivity contribution < 1.29 is 24.5 Å². The molecule has 6 nitrogen and oxygen atoms in total. The zero-order chi connectivity index (χ0) is 53.6. The number of carbonyl (C=O) groups excluding carboxylic acids is 2. The quantitative estimate of drug-likeness (QED) is 0.0320. The molecule has 0 aliphatic heterocycles. The number of ether oxygens (including phenoxy) is 1. The molecule has 0 bridgehead atoms. The van der Waals surface area contributed by atoms with E-state index in [9.17, 15) is 19.8 Å². The van der Waals surface area contributed by atoms with E-state index in [4.69, 9.17) is 4.74 Å². The van der Waals surface area contributed by atoms with Crippen LogP contribution in [0.1, 0.15) is 386 Å². The molecule has 3 N–H and O–H groups in total. The van der Waals surface area contributed by atoms with E-state index >= 15 is 0 Å². The lowest BCUT2D eigenvalue weighted by Crippen LogP contribution is -2.45. The van der Waals surface area contributed by atoms with Crippen molar-refractivity contribution >= 4 is 11.9 Å². The van der Waals surface area contributed by atoms with Crippen LogP contribution in [-0.4, -0.2) is 47.4 Å². The maximum atomic E-state index is 12.4. The number of nitrogens with one attached hydrogen (secondary N) is 1. The van der Waals surface area contributed by atoms with Crippen LogP contribution in [0.2, 0.25) is 0 Å². The molecule has 0 rings (SSSR count). The van der Waals surface area contributed by atoms with E-state index in [1.807, 2.05) is 6.08 Å². The van der Waals surface area contributed by atoms with Gasteiger partial charge in [0.2, 0.25) is 5.91 Å². The molecule has 0 spiro atoms. The molecule has 0 heterocycles. The summed E-state index contributed by atoms with van der Waals surface area (Å²) in [6.45, 7) is 4.92. The van der Waals surface area contributed by atoms with Crippen LogP contribution < -0.4 is 5.32 Å². The number of esters is 1. The summed E-state index contributed by atoms with van der Waals surface area (Å²) in [6, 6.07) is -0.621. The van der Waals surface area contributed by atoms with Crippen LogP contribution >= 0.6 is 0 Å². The van der Waals surface area contributed by atoms with E-state index in [1.54, 1.807) is 6.08 Å². The van der Waals surface area contributed by atoms with Crippen molar-refractivity contribution in [3.8, 4) is 0 Å². The summed E-state index contributed by atoms with van der Waals surface area (Å²) in [5.74, 6) is -0.0394. The first-order chi connectivity index (χ1) is 36.5. The van der Waals surface area contributed by atoms with Gasteiger partial charge in [-0.15, -0.1) is 0 Å². The van der Waals surface area contributed by atoms with Gasteiger partial charge in [-0.05, 0) is 32.1 Å². The highest BCUT2D eigenvalue weighted by atomic mass is 16.5. The third-order valence-corrected chi connectivity index (χ3v) is 16.1. The third-order valence-electron chi connectivity index (χ3n) is 16.1. The molecule has 0 aliphatic carbocycles. The molecule has 0 radical (unpaired) electrons. The van der Waals surface area contributed by atoms with Gasteiger partial charge in [0.05, 0.1) is 25.4 Å². The minimum Gasteiger partial charge on any atom is -0.466 e. The lowest BCUT2D eigenvalue weighted by atomic mass is 10.0. The zero-order valence-electron chi connectivity index (χ0n) is 50.4. The lowest BCUT2D eigenvalue weighted by molar-refractivity contribution is -0.143. The van der Waals surface area contributed by atoms with Crippen LogP contribution in [0.4, 0.5) is 0 Å². The van der Waals surface area contributed by atoms with Crippen molar-refractivity contribution in [2.24, 2.45) is 0 Å². The second-order valence-corrected chi connectivity index (χ2v) is 23.5. The van der Waals surface area contributed by atoms with Crippen LogP contribution in [0.15, 0.2) is 12.2 Å². The predicted octanol–water partition coefficient (Wildman–Crippen LogP) is 21.6. The Labute approximate surface area is 463 Å². The minimum atomic E-state index is -0.838. The maximum absolute atomic E-state index is 12.4. The van der Waals surface area contributed by atoms with Crippen LogP contribution in [-0.2, 0) is 14.3 Å². The Morgan fingerprint density at radius 1 is 0.365 bits per heavy atom. The van der Waals surface area contributed by atoms with Crippen molar-refractivity contribution in [3.05, 3.63) is 12.2 Å². The van der Waals surface area contributed by atoms with Crippen molar-refractivity contribution in [2.75, 3.05) is 13.2 Å². The maximum Gasteiger partial charge on any atom is 0.305 e. The third kappa shape index (κ3) is 59.8. The van der Waals surface area contributed by atoms with Crippen LogP contribution in [0, 0.1) is 0 Å². The second kappa shape index (κ2) is 64.1. The van der Waals surface area contributed by atoms with Gasteiger partial charge in [0.25, 0.3) is 0 Å². The van der Waals surface area contributed by atoms with Crippen molar-refractivity contribution in [2.45, 2.75) is 398 Å². The van der Waals surface area contributed by atoms with Gasteiger partial charge in [-0.3, -0.25) is 9.59 Å². The monoisotopic (exact) mass is 1040 g/mol. The fourth-order valence-electron chi connectivity index (χ4n) is 10.9. The average molecular weight is 1040 g/mol. The number of aliphatic hydroxyl groups excluding tert-OH is 2. The van der Waals surface area contributed by atoms with Crippen molar-refractivity contribution in [1.82, 2.24) is 5.32 Å². The van der Waals surface area contributed by atoms with E-state index in [-0.39, 0.29) is 18.5 Å². The van der Waals surface area contributed by atoms with Gasteiger partial charge in [0.1, 0.15) is 0 Å². The predicted molar refractivity (Wildman–Crippen MR) is 324 cm³/mol. The van der Waals surface area contributed by atoms with Gasteiger partial charge < -0.3 is 20.3 Å². The Hall–Kier alpha value is -1.40. The highest BCUT2D eigenvalue weighted by molar-refractivity contribution is 5.76. The summed E-state index contributed by atoms with van der Waals surface area (Å²) < 4.78 is 5.48. The molecule has 0 saturated carbocycles. The molecular weight excluding hydrogens is 911 g/mol. The van der Waals surface area contributed by atoms with E-state index in [1.165, 1.54) is 321 Å².